The van der Waals surface area contributed by atoms with Gasteiger partial charge in [-0.1, -0.05) is 6.08 Å². The van der Waals surface area contributed by atoms with Crippen LogP contribution in [-0.2, 0) is 0 Å². The normalized spacial score (nSPS) is 9.20. The van der Waals surface area contributed by atoms with Crippen molar-refractivity contribution in [2.24, 2.45) is 0 Å². The van der Waals surface area contributed by atoms with E-state index in [1.165, 1.54) is 11.3 Å². The molecule has 10 heavy (non-hydrogen) atoms. The van der Waals surface area contributed by atoms with Crippen molar-refractivity contribution in [3.05, 3.63) is 18.0 Å². The lowest BCUT2D eigenvalue weighted by atomic mass is 10.6. The summed E-state index contributed by atoms with van der Waals surface area (Å²) < 4.78 is 0. The van der Waals surface area contributed by atoms with E-state index in [0.717, 1.165) is 5.13 Å². The Bertz CT molecular complexity index is 221. The van der Waals surface area contributed by atoms with E-state index in [0.29, 0.717) is 6.54 Å². The van der Waals surface area contributed by atoms with Crippen LogP contribution in [0.25, 0.3) is 0 Å². The van der Waals surface area contributed by atoms with Crippen molar-refractivity contribution < 1.29 is 5.11 Å². The highest BCUT2D eigenvalue weighted by Gasteiger charge is 1.95. The fourth-order valence-electron chi connectivity index (χ4n) is 0.506. The van der Waals surface area contributed by atoms with Crippen LogP contribution in [0.2, 0.25) is 0 Å². The van der Waals surface area contributed by atoms with Crippen LogP contribution in [0.3, 0.4) is 0 Å². The van der Waals surface area contributed by atoms with Gasteiger partial charge in [0.15, 0.2) is 5.13 Å². The SMILES string of the molecule is C=CCNc1nc(O)cs1. The summed E-state index contributed by atoms with van der Waals surface area (Å²) >= 11 is 1.37. The maximum absolute atomic E-state index is 8.79. The zero-order valence-corrected chi connectivity index (χ0v) is 6.19. The van der Waals surface area contributed by atoms with Gasteiger partial charge in [0.25, 0.3) is 0 Å². The molecule has 1 aromatic heterocycles. The van der Waals surface area contributed by atoms with Gasteiger partial charge in [-0.25, -0.2) is 0 Å². The zero-order chi connectivity index (χ0) is 7.40. The Balaban J connectivity index is 2.49. The van der Waals surface area contributed by atoms with E-state index in [-0.39, 0.29) is 5.88 Å². The van der Waals surface area contributed by atoms with Crippen molar-refractivity contribution in [3.8, 4) is 5.88 Å². The van der Waals surface area contributed by atoms with E-state index in [1.807, 2.05) is 0 Å². The minimum atomic E-state index is 0.0663. The molecule has 0 fully saturated rings. The monoisotopic (exact) mass is 156 g/mol. The fourth-order valence-corrected chi connectivity index (χ4v) is 1.09. The van der Waals surface area contributed by atoms with E-state index in [4.69, 9.17) is 5.11 Å². The third-order valence-electron chi connectivity index (χ3n) is 0.890. The predicted molar refractivity (Wildman–Crippen MR) is 42.5 cm³/mol. The molecule has 0 saturated carbocycles. The van der Waals surface area contributed by atoms with Crippen molar-refractivity contribution in [2.45, 2.75) is 0 Å². The van der Waals surface area contributed by atoms with Crippen LogP contribution in [0.4, 0.5) is 5.13 Å². The van der Waals surface area contributed by atoms with Crippen LogP contribution < -0.4 is 5.32 Å². The molecule has 0 radical (unpaired) electrons. The fraction of sp³-hybridized carbons (Fsp3) is 0.167. The van der Waals surface area contributed by atoms with Gasteiger partial charge in [0.05, 0.1) is 5.38 Å². The number of rotatable bonds is 3. The van der Waals surface area contributed by atoms with Crippen molar-refractivity contribution in [3.63, 3.8) is 0 Å². The first-order valence-electron chi connectivity index (χ1n) is 2.82. The van der Waals surface area contributed by atoms with Crippen LogP contribution in [0.5, 0.6) is 5.88 Å². The van der Waals surface area contributed by atoms with Gasteiger partial charge >= 0.3 is 0 Å². The Morgan fingerprint density at radius 1 is 1.90 bits per heavy atom. The molecule has 1 rings (SSSR count). The molecule has 0 spiro atoms. The Morgan fingerprint density at radius 3 is 3.20 bits per heavy atom. The number of aromatic hydroxyl groups is 1. The lowest BCUT2D eigenvalue weighted by molar-refractivity contribution is 0.458. The number of aromatic nitrogens is 1. The number of thiazole rings is 1. The van der Waals surface area contributed by atoms with Crippen LogP contribution in [0, 0.1) is 0 Å². The Morgan fingerprint density at radius 2 is 2.70 bits per heavy atom. The second-order valence-corrected chi connectivity index (χ2v) is 2.54. The topological polar surface area (TPSA) is 45.2 Å². The van der Waals surface area contributed by atoms with Gasteiger partial charge < -0.3 is 10.4 Å². The van der Waals surface area contributed by atoms with Gasteiger partial charge in [-0.2, -0.15) is 4.98 Å². The van der Waals surface area contributed by atoms with Crippen molar-refractivity contribution >= 4 is 16.5 Å². The number of nitrogens with zero attached hydrogens (tertiary/aromatic N) is 1. The molecule has 1 aromatic rings. The molecule has 54 valence electrons. The van der Waals surface area contributed by atoms with E-state index in [9.17, 15) is 0 Å². The molecular formula is C6H8N2OS. The lowest BCUT2D eigenvalue weighted by Gasteiger charge is -1.93. The summed E-state index contributed by atoms with van der Waals surface area (Å²) in [6.45, 7) is 4.21. The summed E-state index contributed by atoms with van der Waals surface area (Å²) in [6.07, 6.45) is 1.73. The first-order valence-corrected chi connectivity index (χ1v) is 3.70. The van der Waals surface area contributed by atoms with Crippen molar-refractivity contribution in [1.82, 2.24) is 4.98 Å². The molecule has 0 aliphatic carbocycles. The molecule has 0 amide bonds. The van der Waals surface area contributed by atoms with E-state index < -0.39 is 0 Å². The average Bonchev–Trinajstić information content (AvgIpc) is 2.31. The molecule has 0 aromatic carbocycles. The molecule has 0 aliphatic rings. The van der Waals surface area contributed by atoms with Gasteiger partial charge in [-0.15, -0.1) is 17.9 Å². The molecular weight excluding hydrogens is 148 g/mol. The number of hydrogen-bond acceptors (Lipinski definition) is 4. The van der Waals surface area contributed by atoms with Crippen LogP contribution in [-0.4, -0.2) is 16.6 Å². The van der Waals surface area contributed by atoms with Crippen LogP contribution in [0.15, 0.2) is 18.0 Å². The van der Waals surface area contributed by atoms with Gasteiger partial charge in [0.1, 0.15) is 0 Å². The highest BCUT2D eigenvalue weighted by Crippen LogP contribution is 2.18. The minimum Gasteiger partial charge on any atom is -0.493 e. The molecule has 0 saturated heterocycles. The average molecular weight is 156 g/mol. The third-order valence-corrected chi connectivity index (χ3v) is 1.68. The summed E-state index contributed by atoms with van der Waals surface area (Å²) in [7, 11) is 0. The van der Waals surface area contributed by atoms with Gasteiger partial charge in [0, 0.05) is 6.54 Å². The first-order chi connectivity index (χ1) is 4.83. The number of nitrogens with one attached hydrogen (secondary N) is 1. The smallest absolute Gasteiger partial charge is 0.223 e. The Kier molecular flexibility index (Phi) is 2.28. The third kappa shape index (κ3) is 1.73. The number of hydrogen-bond donors (Lipinski definition) is 2. The molecule has 0 aliphatic heterocycles. The summed E-state index contributed by atoms with van der Waals surface area (Å²) in [6, 6.07) is 0. The molecule has 2 N–H and O–H groups in total. The molecule has 3 nitrogen and oxygen atoms in total. The summed E-state index contributed by atoms with van der Waals surface area (Å²) in [5.74, 6) is 0.0663. The second kappa shape index (κ2) is 3.22. The molecule has 0 bridgehead atoms. The standard InChI is InChI=1S/C6H8N2OS/c1-2-3-7-6-8-5(9)4-10-6/h2,4,9H,1,3H2,(H,7,8). The number of anilines is 1. The van der Waals surface area contributed by atoms with Crippen molar-refractivity contribution in [2.75, 3.05) is 11.9 Å². The van der Waals surface area contributed by atoms with E-state index in [2.05, 4.69) is 16.9 Å². The Hall–Kier alpha value is -1.03. The highest BCUT2D eigenvalue weighted by atomic mass is 32.1. The van der Waals surface area contributed by atoms with Crippen LogP contribution >= 0.6 is 11.3 Å². The first kappa shape index (κ1) is 7.08. The molecule has 4 heteroatoms. The van der Waals surface area contributed by atoms with Gasteiger partial charge in [0.2, 0.25) is 5.88 Å². The summed E-state index contributed by atoms with van der Waals surface area (Å²) in [5.41, 5.74) is 0. The van der Waals surface area contributed by atoms with Crippen LogP contribution in [0.1, 0.15) is 0 Å². The maximum Gasteiger partial charge on any atom is 0.223 e. The van der Waals surface area contributed by atoms with Gasteiger partial charge in [-0.05, 0) is 0 Å². The Labute approximate surface area is 63.0 Å². The maximum atomic E-state index is 8.79. The molecule has 1 heterocycles. The predicted octanol–water partition coefficient (Wildman–Crippen LogP) is 1.45. The lowest BCUT2D eigenvalue weighted by Crippen LogP contribution is -1.95. The van der Waals surface area contributed by atoms with Crippen molar-refractivity contribution in [1.29, 1.82) is 0 Å². The molecule has 0 atom stereocenters. The summed E-state index contributed by atoms with van der Waals surface area (Å²) in [4.78, 5) is 3.76. The summed E-state index contributed by atoms with van der Waals surface area (Å²) in [5, 5.41) is 14.0. The highest BCUT2D eigenvalue weighted by molar-refractivity contribution is 7.13. The zero-order valence-electron chi connectivity index (χ0n) is 5.37. The van der Waals surface area contributed by atoms with Gasteiger partial charge in [-0.3, -0.25) is 0 Å². The second-order valence-electron chi connectivity index (χ2n) is 1.68. The quantitative estimate of drug-likeness (QED) is 0.651. The largest absolute Gasteiger partial charge is 0.493 e. The van der Waals surface area contributed by atoms with E-state index >= 15 is 0 Å². The molecule has 0 unspecified atom stereocenters. The van der Waals surface area contributed by atoms with E-state index in [1.54, 1.807) is 11.5 Å². The minimum absolute atomic E-state index is 0.0663.